The summed E-state index contributed by atoms with van der Waals surface area (Å²) in [4.78, 5) is 19.8. The fourth-order valence-electron chi connectivity index (χ4n) is 4.85. The van der Waals surface area contributed by atoms with E-state index in [1.54, 1.807) is 12.1 Å². The van der Waals surface area contributed by atoms with Crippen LogP contribution >= 0.6 is 0 Å². The van der Waals surface area contributed by atoms with Crippen molar-refractivity contribution in [3.8, 4) is 0 Å². The highest BCUT2D eigenvalue weighted by Crippen LogP contribution is 2.34. The Labute approximate surface area is 210 Å². The summed E-state index contributed by atoms with van der Waals surface area (Å²) in [5, 5.41) is 3.03. The average Bonchev–Trinajstić information content (AvgIpc) is 2.87. The molecule has 190 valence electrons. The third kappa shape index (κ3) is 6.72. The van der Waals surface area contributed by atoms with Gasteiger partial charge in [0.05, 0.1) is 16.8 Å². The number of pyridine rings is 1. The van der Waals surface area contributed by atoms with E-state index in [0.29, 0.717) is 30.8 Å². The van der Waals surface area contributed by atoms with Gasteiger partial charge in [0, 0.05) is 24.7 Å². The molecule has 1 amide bonds. The van der Waals surface area contributed by atoms with Crippen molar-refractivity contribution in [1.82, 2.24) is 15.2 Å². The van der Waals surface area contributed by atoms with Crippen LogP contribution in [0.25, 0.3) is 0 Å². The number of benzene rings is 2. The van der Waals surface area contributed by atoms with Crippen LogP contribution in [-0.2, 0) is 19.1 Å². The number of halogens is 3. The van der Waals surface area contributed by atoms with E-state index in [0.717, 1.165) is 43.1 Å². The smallest absolute Gasteiger partial charge is 0.352 e. The molecule has 1 aliphatic heterocycles. The van der Waals surface area contributed by atoms with Gasteiger partial charge in [-0.2, -0.15) is 13.2 Å². The van der Waals surface area contributed by atoms with E-state index in [-0.39, 0.29) is 18.4 Å². The predicted molar refractivity (Wildman–Crippen MR) is 135 cm³/mol. The van der Waals surface area contributed by atoms with Gasteiger partial charge in [0.1, 0.15) is 0 Å². The van der Waals surface area contributed by atoms with E-state index in [4.69, 9.17) is 4.98 Å². The van der Waals surface area contributed by atoms with Crippen LogP contribution in [0.1, 0.15) is 63.6 Å². The standard InChI is InChI=1S/C29H32F3N3O/c1-21-13-14-25(28(36)33-17-7-10-22-8-3-2-4-9-22)27(34-21)23-15-18-35(19-16-23)20-24-11-5-6-12-26(24)29(30,31)32/h2-6,8-9,11-14,23H,7,10,15-20H2,1H3,(H,33,36). The Balaban J connectivity index is 1.35. The Morgan fingerprint density at radius 1 is 1.00 bits per heavy atom. The first-order valence-corrected chi connectivity index (χ1v) is 12.5. The second-order valence-electron chi connectivity index (χ2n) is 9.44. The highest BCUT2D eigenvalue weighted by molar-refractivity contribution is 5.95. The molecule has 0 spiro atoms. The molecule has 36 heavy (non-hydrogen) atoms. The Kier molecular flexibility index (Phi) is 8.41. The third-order valence-electron chi connectivity index (χ3n) is 6.77. The lowest BCUT2D eigenvalue weighted by Gasteiger charge is -2.33. The van der Waals surface area contributed by atoms with Crippen molar-refractivity contribution in [1.29, 1.82) is 0 Å². The lowest BCUT2D eigenvalue weighted by atomic mass is 9.89. The summed E-state index contributed by atoms with van der Waals surface area (Å²) in [6.45, 7) is 4.07. The summed E-state index contributed by atoms with van der Waals surface area (Å²) >= 11 is 0. The summed E-state index contributed by atoms with van der Waals surface area (Å²) < 4.78 is 40.1. The van der Waals surface area contributed by atoms with Crippen LogP contribution in [0.4, 0.5) is 13.2 Å². The molecule has 0 bridgehead atoms. The molecule has 3 aromatic rings. The minimum absolute atomic E-state index is 0.101. The van der Waals surface area contributed by atoms with Crippen molar-refractivity contribution in [2.24, 2.45) is 0 Å². The van der Waals surface area contributed by atoms with Crippen molar-refractivity contribution in [2.75, 3.05) is 19.6 Å². The number of rotatable bonds is 8. The van der Waals surface area contributed by atoms with Crippen molar-refractivity contribution in [2.45, 2.75) is 51.2 Å². The van der Waals surface area contributed by atoms with Gasteiger partial charge in [-0.15, -0.1) is 0 Å². The number of hydrogen-bond acceptors (Lipinski definition) is 3. The molecular weight excluding hydrogens is 463 g/mol. The molecule has 7 heteroatoms. The van der Waals surface area contributed by atoms with E-state index in [9.17, 15) is 18.0 Å². The molecular formula is C29H32F3N3O. The maximum atomic E-state index is 13.4. The Bertz CT molecular complexity index is 1160. The Morgan fingerprint density at radius 3 is 2.42 bits per heavy atom. The predicted octanol–water partition coefficient (Wildman–Crippen LogP) is 6.15. The Morgan fingerprint density at radius 2 is 1.69 bits per heavy atom. The summed E-state index contributed by atoms with van der Waals surface area (Å²) in [6, 6.07) is 19.6. The molecule has 1 saturated heterocycles. The van der Waals surface area contributed by atoms with Gasteiger partial charge in [0.15, 0.2) is 0 Å². The molecule has 0 saturated carbocycles. The number of carbonyl (C=O) groups is 1. The zero-order valence-corrected chi connectivity index (χ0v) is 20.5. The molecule has 1 fully saturated rings. The summed E-state index contributed by atoms with van der Waals surface area (Å²) in [6.07, 6.45) is -1.11. The minimum atomic E-state index is -4.36. The van der Waals surface area contributed by atoms with Crippen LogP contribution in [0.5, 0.6) is 0 Å². The highest BCUT2D eigenvalue weighted by atomic mass is 19.4. The molecule has 0 radical (unpaired) electrons. The van der Waals surface area contributed by atoms with Gasteiger partial charge in [0.2, 0.25) is 0 Å². The van der Waals surface area contributed by atoms with E-state index < -0.39 is 11.7 Å². The second kappa shape index (κ2) is 11.7. The number of hydrogen-bond donors (Lipinski definition) is 1. The SMILES string of the molecule is Cc1ccc(C(=O)NCCCc2ccccc2)c(C2CCN(Cc3ccccc3C(F)(F)F)CC2)n1. The number of nitrogens with one attached hydrogen (secondary N) is 1. The van der Waals surface area contributed by atoms with Gasteiger partial charge in [-0.1, -0.05) is 48.5 Å². The summed E-state index contributed by atoms with van der Waals surface area (Å²) in [5.74, 6) is -0.0174. The van der Waals surface area contributed by atoms with Gasteiger partial charge >= 0.3 is 6.18 Å². The van der Waals surface area contributed by atoms with Gasteiger partial charge in [-0.25, -0.2) is 0 Å². The lowest BCUT2D eigenvalue weighted by Crippen LogP contribution is -2.34. The van der Waals surface area contributed by atoms with Crippen molar-refractivity contribution >= 4 is 5.91 Å². The molecule has 0 atom stereocenters. The van der Waals surface area contributed by atoms with Gasteiger partial charge in [-0.05, 0) is 75.0 Å². The van der Waals surface area contributed by atoms with Crippen molar-refractivity contribution in [3.05, 3.63) is 100 Å². The van der Waals surface area contributed by atoms with Crippen molar-refractivity contribution in [3.63, 3.8) is 0 Å². The molecule has 1 N–H and O–H groups in total. The number of nitrogens with zero attached hydrogens (tertiary/aromatic N) is 2. The van der Waals surface area contributed by atoms with Gasteiger partial charge in [0.25, 0.3) is 5.91 Å². The van der Waals surface area contributed by atoms with E-state index in [2.05, 4.69) is 22.3 Å². The molecule has 4 nitrogen and oxygen atoms in total. The maximum Gasteiger partial charge on any atom is 0.416 e. The normalized spacial score (nSPS) is 15.1. The highest BCUT2D eigenvalue weighted by Gasteiger charge is 2.34. The number of alkyl halides is 3. The molecule has 0 unspecified atom stereocenters. The van der Waals surface area contributed by atoms with Crippen LogP contribution < -0.4 is 5.32 Å². The van der Waals surface area contributed by atoms with Crippen molar-refractivity contribution < 1.29 is 18.0 Å². The summed E-state index contributed by atoms with van der Waals surface area (Å²) in [5.41, 5.74) is 3.22. The average molecular weight is 496 g/mol. The molecule has 1 aliphatic rings. The van der Waals surface area contributed by atoms with E-state index in [1.807, 2.05) is 37.3 Å². The van der Waals surface area contributed by atoms with Crippen LogP contribution in [0.2, 0.25) is 0 Å². The zero-order chi connectivity index (χ0) is 25.5. The second-order valence-corrected chi connectivity index (χ2v) is 9.44. The first-order valence-electron chi connectivity index (χ1n) is 12.5. The van der Waals surface area contributed by atoms with Crippen LogP contribution in [0.15, 0.2) is 66.7 Å². The number of aryl methyl sites for hydroxylation is 2. The number of likely N-dealkylation sites (tertiary alicyclic amines) is 1. The molecule has 2 heterocycles. The quantitative estimate of drug-likeness (QED) is 0.381. The topological polar surface area (TPSA) is 45.2 Å². The van der Waals surface area contributed by atoms with Crippen LogP contribution in [0, 0.1) is 6.92 Å². The fraction of sp³-hybridized carbons (Fsp3) is 0.379. The first kappa shape index (κ1) is 25.9. The Hall–Kier alpha value is -3.19. The van der Waals surface area contributed by atoms with Gasteiger partial charge in [-0.3, -0.25) is 14.7 Å². The number of piperidine rings is 1. The van der Waals surface area contributed by atoms with E-state index in [1.165, 1.54) is 11.6 Å². The molecule has 2 aromatic carbocycles. The summed E-state index contributed by atoms with van der Waals surface area (Å²) in [7, 11) is 0. The van der Waals surface area contributed by atoms with Crippen LogP contribution in [0.3, 0.4) is 0 Å². The lowest BCUT2D eigenvalue weighted by molar-refractivity contribution is -0.138. The first-order chi connectivity index (χ1) is 17.3. The molecule has 0 aliphatic carbocycles. The van der Waals surface area contributed by atoms with E-state index >= 15 is 0 Å². The van der Waals surface area contributed by atoms with Gasteiger partial charge < -0.3 is 5.32 Å². The number of aromatic nitrogens is 1. The third-order valence-corrected chi connectivity index (χ3v) is 6.77. The molecule has 1 aromatic heterocycles. The maximum absolute atomic E-state index is 13.4. The van der Waals surface area contributed by atoms with Crippen LogP contribution in [-0.4, -0.2) is 35.4 Å². The molecule has 4 rings (SSSR count). The fourth-order valence-corrected chi connectivity index (χ4v) is 4.85. The number of amides is 1. The monoisotopic (exact) mass is 495 g/mol. The largest absolute Gasteiger partial charge is 0.416 e. The number of carbonyl (C=O) groups excluding carboxylic acids is 1. The minimum Gasteiger partial charge on any atom is -0.352 e. The zero-order valence-electron chi connectivity index (χ0n) is 20.5.